The van der Waals surface area contributed by atoms with Crippen LogP contribution in [0.5, 0.6) is 0 Å². The van der Waals surface area contributed by atoms with Crippen molar-refractivity contribution in [2.75, 3.05) is 42.1 Å². The van der Waals surface area contributed by atoms with E-state index in [2.05, 4.69) is 56.2 Å². The fraction of sp³-hybridized carbons (Fsp3) is 0.292. The lowest BCUT2D eigenvalue weighted by Gasteiger charge is -2.46. The van der Waals surface area contributed by atoms with Crippen LogP contribution in [-0.4, -0.2) is 120 Å². The zero-order valence-electron chi connectivity index (χ0n) is 39.6. The molecule has 0 aliphatic carbocycles. The van der Waals surface area contributed by atoms with E-state index in [0.29, 0.717) is 29.8 Å². The lowest BCUT2D eigenvalue weighted by Crippen LogP contribution is -2.54. The highest BCUT2D eigenvalue weighted by Crippen LogP contribution is 2.35. The molecule has 29 heteroatoms. The summed E-state index contributed by atoms with van der Waals surface area (Å²) in [5, 5.41) is 37.1. The Hall–Kier alpha value is -7.14. The van der Waals surface area contributed by atoms with Crippen LogP contribution >= 0.6 is 23.4 Å². The van der Waals surface area contributed by atoms with Crippen LogP contribution in [0.4, 0.5) is 56.6 Å². The number of carbonyl (C=O) groups excluding carboxylic acids is 1. The summed E-state index contributed by atoms with van der Waals surface area (Å²) in [6.45, 7) is 3.78. The number of rotatable bonds is 14. The number of alkyl halides is 9. The summed E-state index contributed by atoms with van der Waals surface area (Å²) in [5.74, 6) is -8.39. The predicted octanol–water partition coefficient (Wildman–Crippen LogP) is 9.49. The van der Waals surface area contributed by atoms with Crippen molar-refractivity contribution in [2.24, 2.45) is 5.73 Å². The van der Waals surface area contributed by atoms with Crippen LogP contribution in [0.3, 0.4) is 0 Å². The molecule has 2 aliphatic heterocycles. The lowest BCUT2D eigenvalue weighted by molar-refractivity contribution is -0.384. The Balaban J connectivity index is 0.000000514. The van der Waals surface area contributed by atoms with Gasteiger partial charge in [0, 0.05) is 77.8 Å². The quantitative estimate of drug-likeness (QED) is 0.0262. The van der Waals surface area contributed by atoms with E-state index in [1.165, 1.54) is 23.3 Å². The SMILES string of the molecule is N[C@H](CCNc1ccc(S(=O)(=O)NC(=O)c2ccc3c(c2)CC[C@@H]2CN(Cc4ccccc4-c4ccc(Cl)cc4)CCN32)cc1[N+](=O)[O-])CSc1ccccc1.O=C(O)C(F)(F)F.O=C(O)C(F)(F)F.O=C(O)C(F)(F)F. The highest BCUT2D eigenvalue weighted by atomic mass is 35.5. The number of thioether (sulfide) groups is 1. The molecule has 5 aromatic carbocycles. The Kier molecular flexibility index (Phi) is 22.1. The van der Waals surface area contributed by atoms with E-state index in [-0.39, 0.29) is 22.2 Å². The minimum absolute atomic E-state index is 0.155. The number of nitro groups is 1. The molecule has 2 atom stereocenters. The molecule has 2 aliphatic rings. The van der Waals surface area contributed by atoms with E-state index >= 15 is 0 Å². The number of hydrogen-bond donors (Lipinski definition) is 6. The van der Waals surface area contributed by atoms with Crippen molar-refractivity contribution in [1.29, 1.82) is 0 Å². The Bertz CT molecular complexity index is 2920. The van der Waals surface area contributed by atoms with E-state index in [1.807, 2.05) is 48.5 Å². The second kappa shape index (κ2) is 27.3. The maximum Gasteiger partial charge on any atom is 0.490 e. The maximum atomic E-state index is 13.3. The normalized spacial score (nSPS) is 14.7. The Labute approximate surface area is 442 Å². The lowest BCUT2D eigenvalue weighted by atomic mass is 9.92. The number of carbonyl (C=O) groups is 4. The Morgan fingerprint density at radius 3 is 1.94 bits per heavy atom. The number of fused-ring (bicyclic) bond motifs is 3. The molecule has 0 unspecified atom stereocenters. The number of nitrogens with zero attached hydrogens (tertiary/aromatic N) is 3. The number of carboxylic acid groups (broad SMARTS) is 3. The summed E-state index contributed by atoms with van der Waals surface area (Å²) in [7, 11) is -4.42. The molecule has 0 aromatic heterocycles. The Morgan fingerprint density at radius 2 is 1.36 bits per heavy atom. The Morgan fingerprint density at radius 1 is 0.792 bits per heavy atom. The van der Waals surface area contributed by atoms with Gasteiger partial charge in [-0.25, -0.2) is 27.5 Å². The smallest absolute Gasteiger partial charge is 0.475 e. The van der Waals surface area contributed by atoms with Gasteiger partial charge in [0.05, 0.1) is 9.82 Å². The average molecular weight is 1150 g/mol. The van der Waals surface area contributed by atoms with E-state index in [9.17, 15) is 62.8 Å². The first-order valence-corrected chi connectivity index (χ1v) is 25.1. The number of nitro benzene ring substituents is 1. The van der Waals surface area contributed by atoms with Crippen LogP contribution in [-0.2, 0) is 37.4 Å². The van der Waals surface area contributed by atoms with Gasteiger partial charge in [-0.2, -0.15) is 39.5 Å². The van der Waals surface area contributed by atoms with Crippen LogP contribution in [0, 0.1) is 10.1 Å². The van der Waals surface area contributed by atoms with Crippen molar-refractivity contribution in [2.45, 2.75) is 66.2 Å². The van der Waals surface area contributed by atoms with Crippen molar-refractivity contribution >= 4 is 74.3 Å². The minimum atomic E-state index is -5.08. The van der Waals surface area contributed by atoms with Crippen molar-refractivity contribution < 1.29 is 87.4 Å². The third kappa shape index (κ3) is 19.4. The zero-order valence-corrected chi connectivity index (χ0v) is 42.0. The van der Waals surface area contributed by atoms with Gasteiger partial charge in [0.2, 0.25) is 0 Å². The first kappa shape index (κ1) is 62.4. The van der Waals surface area contributed by atoms with Gasteiger partial charge in [-0.3, -0.25) is 19.8 Å². The highest BCUT2D eigenvalue weighted by Gasteiger charge is 2.40. The maximum absolute atomic E-state index is 13.3. The zero-order chi connectivity index (χ0) is 57.5. The van der Waals surface area contributed by atoms with E-state index in [0.717, 1.165) is 66.8 Å². The first-order chi connectivity index (χ1) is 35.9. The van der Waals surface area contributed by atoms with E-state index in [4.69, 9.17) is 47.0 Å². The van der Waals surface area contributed by atoms with Crippen molar-refractivity contribution in [1.82, 2.24) is 9.62 Å². The average Bonchev–Trinajstić information content (AvgIpc) is 3.35. The van der Waals surface area contributed by atoms with E-state index in [1.54, 1.807) is 23.9 Å². The van der Waals surface area contributed by atoms with Crippen molar-refractivity contribution in [3.8, 4) is 11.1 Å². The molecule has 7 N–H and O–H groups in total. The van der Waals surface area contributed by atoms with Gasteiger partial charge in [-0.05, 0) is 96.1 Å². The number of benzene rings is 5. The summed E-state index contributed by atoms with van der Waals surface area (Å²) in [5.41, 5.74) is 11.8. The first-order valence-electron chi connectivity index (χ1n) is 22.3. The van der Waals surface area contributed by atoms with Gasteiger partial charge in [0.15, 0.2) is 0 Å². The molecule has 7 rings (SSSR count). The predicted molar refractivity (Wildman–Crippen MR) is 265 cm³/mol. The van der Waals surface area contributed by atoms with Crippen LogP contribution in [0.1, 0.15) is 34.3 Å². The molecule has 1 saturated heterocycles. The molecule has 2 heterocycles. The fourth-order valence-electron chi connectivity index (χ4n) is 7.38. The molecule has 1 amide bonds. The topological polar surface area (TPSA) is 263 Å². The number of amides is 1. The summed E-state index contributed by atoms with van der Waals surface area (Å²) >= 11 is 7.77. The molecule has 5 aromatic rings. The number of sulfonamides is 1. The summed E-state index contributed by atoms with van der Waals surface area (Å²) in [6.07, 6.45) is -13.1. The van der Waals surface area contributed by atoms with Gasteiger partial charge in [-0.1, -0.05) is 66.2 Å². The van der Waals surface area contributed by atoms with Crippen LogP contribution in [0.25, 0.3) is 11.1 Å². The number of piperazine rings is 1. The number of aliphatic carboxylic acids is 3. The minimum Gasteiger partial charge on any atom is -0.475 e. The molecule has 0 bridgehead atoms. The molecule has 17 nitrogen and oxygen atoms in total. The highest BCUT2D eigenvalue weighted by molar-refractivity contribution is 7.99. The molecule has 1 fully saturated rings. The third-order valence-corrected chi connectivity index (χ3v) is 13.8. The summed E-state index contributed by atoms with van der Waals surface area (Å²) in [4.78, 5) is 56.9. The van der Waals surface area contributed by atoms with Gasteiger partial charge >= 0.3 is 36.4 Å². The summed E-state index contributed by atoms with van der Waals surface area (Å²) < 4.78 is 124. The fourth-order valence-corrected chi connectivity index (χ4v) is 9.42. The van der Waals surface area contributed by atoms with Gasteiger partial charge in [-0.15, -0.1) is 11.8 Å². The van der Waals surface area contributed by atoms with Gasteiger partial charge in [0.25, 0.3) is 21.6 Å². The van der Waals surface area contributed by atoms with Crippen molar-refractivity contribution in [3.05, 3.63) is 147 Å². The van der Waals surface area contributed by atoms with Crippen LogP contribution < -0.4 is 20.7 Å². The monoisotopic (exact) mass is 1150 g/mol. The second-order valence-corrected chi connectivity index (χ2v) is 19.7. The number of nitrogens with one attached hydrogen (secondary N) is 2. The molecule has 77 heavy (non-hydrogen) atoms. The molecule has 0 spiro atoms. The largest absolute Gasteiger partial charge is 0.490 e. The van der Waals surface area contributed by atoms with Gasteiger partial charge in [0.1, 0.15) is 5.69 Å². The number of nitrogens with two attached hydrogens (primary N) is 1. The van der Waals surface area contributed by atoms with Gasteiger partial charge < -0.3 is 31.3 Å². The van der Waals surface area contributed by atoms with Crippen LogP contribution in [0.2, 0.25) is 5.02 Å². The van der Waals surface area contributed by atoms with E-state index < -0.39 is 63.0 Å². The summed E-state index contributed by atoms with van der Waals surface area (Å²) in [6, 6.07) is 35.3. The standard InChI is InChI=1S/C42H43ClN6O5S2.3C2HF3O2/c43-33-14-10-29(11-15-33)38-9-5-4-6-32(38)26-47-22-23-48-35(27-47)16-12-30-24-31(13-19-40(30)48)42(50)46-56(53,54)37-17-18-39(41(25-37)49(51)52)45-21-20-34(44)28-55-36-7-2-1-3-8-36;3*3-2(4,5)1(6)7/h1-11,13-15,17-19,24-25,34-35,45H,12,16,20-23,26-28,44H2,(H,46,50);3*(H,6,7)/t34-,35-;;;/m1.../s1. The number of anilines is 2. The molecular weight excluding hydrogens is 1110 g/mol. The third-order valence-electron chi connectivity index (χ3n) is 11.0. The van der Waals surface area contributed by atoms with Crippen molar-refractivity contribution in [3.63, 3.8) is 0 Å². The molecule has 0 saturated carbocycles. The molecule has 0 radical (unpaired) electrons. The number of halogens is 10. The van der Waals surface area contributed by atoms with Crippen LogP contribution in [0.15, 0.2) is 125 Å². The molecular formula is C48H46ClF9N6O11S2. The number of hydrogen-bond acceptors (Lipinski definition) is 13. The molecule has 416 valence electrons. The number of aryl methyl sites for hydroxylation is 1. The second-order valence-electron chi connectivity index (χ2n) is 16.5. The number of carboxylic acids is 3.